The van der Waals surface area contributed by atoms with Crippen LogP contribution in [0.25, 0.3) is 10.8 Å². The molecule has 0 spiro atoms. The third-order valence-corrected chi connectivity index (χ3v) is 8.18. The SMILES string of the molecule is CC1(C)[C@@H]2[C@@H](C(=O)NC(C#N)c3nncc4ccccc34)N(C(=O)C(CC3CC3)NC(=O)C(F)(F)F)C[C@@H]21. The molecule has 1 saturated heterocycles. The van der Waals surface area contributed by atoms with Crippen LogP contribution >= 0.6 is 0 Å². The van der Waals surface area contributed by atoms with E-state index < -0.39 is 42.0 Å². The molecule has 1 aliphatic heterocycles. The van der Waals surface area contributed by atoms with Gasteiger partial charge in [0.1, 0.15) is 17.8 Å². The Morgan fingerprint density at radius 2 is 1.92 bits per heavy atom. The van der Waals surface area contributed by atoms with Gasteiger partial charge >= 0.3 is 12.1 Å². The fraction of sp³-hybridized carbons (Fsp3) is 0.538. The summed E-state index contributed by atoms with van der Waals surface area (Å²) in [7, 11) is 0. The number of aromatic nitrogens is 2. The van der Waals surface area contributed by atoms with Crippen molar-refractivity contribution >= 4 is 28.5 Å². The molecule has 12 heteroatoms. The van der Waals surface area contributed by atoms with E-state index in [1.165, 1.54) is 4.90 Å². The Labute approximate surface area is 216 Å². The first-order valence-corrected chi connectivity index (χ1v) is 12.5. The first-order chi connectivity index (χ1) is 17.9. The van der Waals surface area contributed by atoms with Crippen LogP contribution in [0.5, 0.6) is 0 Å². The molecule has 2 N–H and O–H groups in total. The van der Waals surface area contributed by atoms with Crippen LogP contribution in [0.15, 0.2) is 30.5 Å². The Morgan fingerprint density at radius 1 is 1.21 bits per heavy atom. The number of rotatable bonds is 7. The number of amides is 3. The van der Waals surface area contributed by atoms with Crippen LogP contribution in [0.4, 0.5) is 13.2 Å². The number of hydrogen-bond acceptors (Lipinski definition) is 6. The van der Waals surface area contributed by atoms with E-state index in [0.29, 0.717) is 5.39 Å². The molecule has 2 aromatic rings. The zero-order chi connectivity index (χ0) is 27.4. The first kappa shape index (κ1) is 25.9. The lowest BCUT2D eigenvalue weighted by atomic mass is 9.98. The van der Waals surface area contributed by atoms with Crippen molar-refractivity contribution in [2.45, 2.75) is 57.4 Å². The molecule has 2 unspecified atom stereocenters. The summed E-state index contributed by atoms with van der Waals surface area (Å²) in [5.41, 5.74) is -0.00744. The van der Waals surface area contributed by atoms with Gasteiger partial charge in [-0.1, -0.05) is 51.0 Å². The topological polar surface area (TPSA) is 128 Å². The summed E-state index contributed by atoms with van der Waals surface area (Å²) in [5, 5.41) is 23.8. The Morgan fingerprint density at radius 3 is 2.58 bits per heavy atom. The number of halogens is 3. The molecule has 3 aliphatic rings. The van der Waals surface area contributed by atoms with E-state index in [4.69, 9.17) is 0 Å². The summed E-state index contributed by atoms with van der Waals surface area (Å²) in [4.78, 5) is 40.2. The lowest BCUT2D eigenvalue weighted by Gasteiger charge is -2.33. The van der Waals surface area contributed by atoms with Crippen molar-refractivity contribution in [3.63, 3.8) is 0 Å². The van der Waals surface area contributed by atoms with E-state index in [2.05, 4.69) is 15.5 Å². The Balaban J connectivity index is 1.40. The zero-order valence-corrected chi connectivity index (χ0v) is 20.8. The number of carbonyl (C=O) groups is 3. The molecule has 9 nitrogen and oxygen atoms in total. The minimum absolute atomic E-state index is 0.0278. The summed E-state index contributed by atoms with van der Waals surface area (Å²) >= 11 is 0. The standard InChI is InChI=1S/C26H27F3N6O3/c1-25(2)16-12-35(23(37)17(9-13-7-8-13)33-24(38)26(27,28)29)21(19(16)25)22(36)32-18(10-30)20-15-6-4-3-5-14(15)11-31-34-20/h3-6,11,13,16-19,21H,7-9,12H2,1-2H3,(H,32,36)(H,33,38)/t16-,17?,18?,19-,21-/m0/s1. The van der Waals surface area contributed by atoms with Crippen molar-refractivity contribution in [1.82, 2.24) is 25.7 Å². The highest BCUT2D eigenvalue weighted by Gasteiger charge is 2.69. The second-order valence-electron chi connectivity index (χ2n) is 11.0. The van der Waals surface area contributed by atoms with E-state index in [1.54, 1.807) is 30.5 Å². The van der Waals surface area contributed by atoms with Crippen LogP contribution in [0.3, 0.4) is 0 Å². The summed E-state index contributed by atoms with van der Waals surface area (Å²) in [6.45, 7) is 4.12. The number of alkyl halides is 3. The van der Waals surface area contributed by atoms with Gasteiger partial charge in [0.05, 0.1) is 12.3 Å². The maximum absolute atomic E-state index is 13.6. The Bertz CT molecular complexity index is 1330. The summed E-state index contributed by atoms with van der Waals surface area (Å²) < 4.78 is 39.0. The summed E-state index contributed by atoms with van der Waals surface area (Å²) in [6, 6.07) is 5.63. The van der Waals surface area contributed by atoms with Gasteiger partial charge in [0.2, 0.25) is 11.8 Å². The largest absolute Gasteiger partial charge is 0.471 e. The minimum Gasteiger partial charge on any atom is -0.336 e. The predicted molar refractivity (Wildman–Crippen MR) is 128 cm³/mol. The monoisotopic (exact) mass is 528 g/mol. The third kappa shape index (κ3) is 4.66. The van der Waals surface area contributed by atoms with Crippen LogP contribution in [-0.2, 0) is 14.4 Å². The number of nitriles is 1. The van der Waals surface area contributed by atoms with Gasteiger partial charge in [-0.15, -0.1) is 0 Å². The Kier molecular flexibility index (Phi) is 6.28. The molecular formula is C26H27F3N6O3. The van der Waals surface area contributed by atoms with Gasteiger partial charge < -0.3 is 15.5 Å². The number of nitrogens with one attached hydrogen (secondary N) is 2. The lowest BCUT2D eigenvalue weighted by molar-refractivity contribution is -0.175. The zero-order valence-electron chi connectivity index (χ0n) is 20.8. The second-order valence-corrected chi connectivity index (χ2v) is 11.0. The summed E-state index contributed by atoms with van der Waals surface area (Å²) in [6.07, 6.45) is -1.98. The highest BCUT2D eigenvalue weighted by Crippen LogP contribution is 2.65. The smallest absolute Gasteiger partial charge is 0.336 e. The highest BCUT2D eigenvalue weighted by atomic mass is 19.4. The highest BCUT2D eigenvalue weighted by molar-refractivity contribution is 5.95. The first-order valence-electron chi connectivity index (χ1n) is 12.5. The number of carbonyl (C=O) groups excluding carboxylic acids is 3. The molecule has 0 bridgehead atoms. The maximum atomic E-state index is 13.6. The number of benzene rings is 1. The fourth-order valence-corrected chi connectivity index (χ4v) is 5.81. The van der Waals surface area contributed by atoms with E-state index in [0.717, 1.165) is 18.2 Å². The van der Waals surface area contributed by atoms with Crippen molar-refractivity contribution < 1.29 is 27.6 Å². The Hall–Kier alpha value is -3.75. The van der Waals surface area contributed by atoms with E-state index >= 15 is 0 Å². The van der Waals surface area contributed by atoms with E-state index in [-0.39, 0.29) is 41.8 Å². The normalized spacial score (nSPS) is 25.2. The average molecular weight is 529 g/mol. The van der Waals surface area contributed by atoms with Crippen LogP contribution in [0, 0.1) is 34.5 Å². The van der Waals surface area contributed by atoms with Crippen molar-refractivity contribution in [2.24, 2.45) is 23.2 Å². The predicted octanol–water partition coefficient (Wildman–Crippen LogP) is 2.64. The quantitative estimate of drug-likeness (QED) is 0.569. The van der Waals surface area contributed by atoms with Gasteiger partial charge in [0.25, 0.3) is 0 Å². The van der Waals surface area contributed by atoms with Gasteiger partial charge in [-0.3, -0.25) is 14.4 Å². The fourth-order valence-electron chi connectivity index (χ4n) is 5.81. The number of nitrogens with zero attached hydrogens (tertiary/aromatic N) is 4. The minimum atomic E-state index is -5.13. The molecule has 2 aliphatic carbocycles. The molecule has 38 heavy (non-hydrogen) atoms. The number of piperidine rings is 1. The molecule has 3 fully saturated rings. The summed E-state index contributed by atoms with van der Waals surface area (Å²) in [5.74, 6) is -3.70. The van der Waals surface area contributed by atoms with Gasteiger partial charge in [-0.2, -0.15) is 28.6 Å². The van der Waals surface area contributed by atoms with Crippen LogP contribution < -0.4 is 10.6 Å². The van der Waals surface area contributed by atoms with Gasteiger partial charge in [0, 0.05) is 17.3 Å². The molecule has 2 saturated carbocycles. The second kappa shape index (κ2) is 9.22. The van der Waals surface area contributed by atoms with Gasteiger partial charge in [-0.25, -0.2) is 0 Å². The molecule has 1 aromatic carbocycles. The lowest BCUT2D eigenvalue weighted by Crippen LogP contribution is -2.57. The molecule has 1 aromatic heterocycles. The number of likely N-dealkylation sites (tertiary alicyclic amines) is 1. The maximum Gasteiger partial charge on any atom is 0.471 e. The molecule has 2 heterocycles. The van der Waals surface area contributed by atoms with Crippen LogP contribution in [0.1, 0.15) is 44.8 Å². The molecular weight excluding hydrogens is 501 g/mol. The third-order valence-electron chi connectivity index (χ3n) is 8.18. The molecule has 5 rings (SSSR count). The van der Waals surface area contributed by atoms with Crippen molar-refractivity contribution in [1.29, 1.82) is 5.26 Å². The molecule has 3 amide bonds. The van der Waals surface area contributed by atoms with Gasteiger partial charge in [-0.05, 0) is 29.6 Å². The van der Waals surface area contributed by atoms with Crippen LogP contribution in [0.2, 0.25) is 0 Å². The molecule has 200 valence electrons. The van der Waals surface area contributed by atoms with Crippen LogP contribution in [-0.4, -0.2) is 57.6 Å². The number of fused-ring (bicyclic) bond motifs is 2. The average Bonchev–Trinajstić information content (AvgIpc) is 3.73. The van der Waals surface area contributed by atoms with Crippen molar-refractivity contribution in [3.8, 4) is 6.07 Å². The van der Waals surface area contributed by atoms with Crippen molar-refractivity contribution in [2.75, 3.05) is 6.54 Å². The van der Waals surface area contributed by atoms with E-state index in [9.17, 15) is 32.8 Å². The molecule has 5 atom stereocenters. The molecule has 0 radical (unpaired) electrons. The van der Waals surface area contributed by atoms with Gasteiger partial charge in [0.15, 0.2) is 6.04 Å². The van der Waals surface area contributed by atoms with Crippen molar-refractivity contribution in [3.05, 3.63) is 36.2 Å². The number of hydrogen-bond donors (Lipinski definition) is 2. The van der Waals surface area contributed by atoms with E-state index in [1.807, 2.05) is 25.2 Å².